The number of carboxylic acid groups (broad SMARTS) is 1. The molecule has 25 heavy (non-hydrogen) atoms. The van der Waals surface area contributed by atoms with Crippen molar-refractivity contribution < 1.29 is 27.9 Å². The molecule has 1 N–H and O–H groups in total. The van der Waals surface area contributed by atoms with Gasteiger partial charge in [0.2, 0.25) is 0 Å². The predicted molar refractivity (Wildman–Crippen MR) is 82.4 cm³/mol. The Bertz CT molecular complexity index is 802. The van der Waals surface area contributed by atoms with Crippen LogP contribution in [0.5, 0.6) is 0 Å². The number of carboxylic acids is 1. The molecule has 1 saturated heterocycles. The number of aromatic nitrogens is 1. The molecular formula is C17H15F3N2O3. The van der Waals surface area contributed by atoms with Gasteiger partial charge < -0.3 is 14.6 Å². The molecule has 1 atom stereocenters. The normalized spacial score (nSPS) is 20.7. The van der Waals surface area contributed by atoms with Crippen molar-refractivity contribution >= 4 is 11.9 Å². The molecule has 1 unspecified atom stereocenters. The first kappa shape index (κ1) is 17.1. The number of amides is 1. The largest absolute Gasteiger partial charge is 0.481 e. The molecule has 1 aromatic heterocycles. The number of likely N-dealkylation sites (tertiary alicyclic amines) is 1. The van der Waals surface area contributed by atoms with Gasteiger partial charge in [-0.15, -0.1) is 0 Å². The fourth-order valence-corrected chi connectivity index (χ4v) is 3.00. The number of carbonyl (C=O) groups is 2. The third kappa shape index (κ3) is 2.88. The molecule has 0 bridgehead atoms. The van der Waals surface area contributed by atoms with E-state index in [1.165, 1.54) is 6.07 Å². The van der Waals surface area contributed by atoms with Crippen molar-refractivity contribution in [3.8, 4) is 5.69 Å². The van der Waals surface area contributed by atoms with Gasteiger partial charge in [-0.25, -0.2) is 0 Å². The zero-order valence-corrected chi connectivity index (χ0v) is 13.0. The second-order valence-corrected chi connectivity index (χ2v) is 6.00. The summed E-state index contributed by atoms with van der Waals surface area (Å²) in [6.45, 7) is -1.13. The predicted octanol–water partition coefficient (Wildman–Crippen LogP) is 2.96. The molecule has 8 heteroatoms. The van der Waals surface area contributed by atoms with E-state index in [9.17, 15) is 22.8 Å². The van der Waals surface area contributed by atoms with Crippen LogP contribution >= 0.6 is 0 Å². The smallest absolute Gasteiger partial charge is 0.406 e. The van der Waals surface area contributed by atoms with Crippen LogP contribution in [-0.2, 0) is 4.79 Å². The molecule has 1 aromatic carbocycles. The molecule has 1 fully saturated rings. The summed E-state index contributed by atoms with van der Waals surface area (Å²) in [4.78, 5) is 24.7. The lowest BCUT2D eigenvalue weighted by Crippen LogP contribution is -2.47. The fourth-order valence-electron chi connectivity index (χ4n) is 3.00. The summed E-state index contributed by atoms with van der Waals surface area (Å²) in [6, 6.07) is 10.1. The van der Waals surface area contributed by atoms with Gasteiger partial charge in [-0.2, -0.15) is 13.2 Å². The van der Waals surface area contributed by atoms with Crippen molar-refractivity contribution in [3.05, 3.63) is 54.4 Å². The highest BCUT2D eigenvalue weighted by Crippen LogP contribution is 2.46. The minimum atomic E-state index is -4.92. The van der Waals surface area contributed by atoms with Crippen molar-refractivity contribution in [2.24, 2.45) is 5.41 Å². The van der Waals surface area contributed by atoms with Crippen molar-refractivity contribution in [2.75, 3.05) is 13.1 Å². The number of carbonyl (C=O) groups excluding carboxylic acids is 1. The van der Waals surface area contributed by atoms with Gasteiger partial charge in [0, 0.05) is 36.7 Å². The quantitative estimate of drug-likeness (QED) is 0.924. The summed E-state index contributed by atoms with van der Waals surface area (Å²) in [6.07, 6.45) is -2.01. The standard InChI is InChI=1S/C17H15F3N2O3/c18-17(19,20)16(15(24)25)6-9-22(11-16)14(23)12-4-3-5-13(10-12)21-7-1-2-8-21/h1-5,7-8,10H,6,9,11H2,(H,24,25). The summed E-state index contributed by atoms with van der Waals surface area (Å²) in [5, 5.41) is 9.08. The van der Waals surface area contributed by atoms with Gasteiger partial charge in [0.25, 0.3) is 5.91 Å². The molecule has 0 spiro atoms. The van der Waals surface area contributed by atoms with E-state index in [2.05, 4.69) is 0 Å². The van der Waals surface area contributed by atoms with E-state index < -0.39 is 36.4 Å². The summed E-state index contributed by atoms with van der Waals surface area (Å²) >= 11 is 0. The first-order valence-electron chi connectivity index (χ1n) is 7.57. The van der Waals surface area contributed by atoms with Crippen LogP contribution in [0.1, 0.15) is 16.8 Å². The Balaban J connectivity index is 1.86. The molecule has 0 radical (unpaired) electrons. The SMILES string of the molecule is O=C(c1cccc(-n2cccc2)c1)N1CCC(C(=O)O)(C(F)(F)F)C1. The maximum Gasteiger partial charge on any atom is 0.406 e. The molecule has 3 rings (SSSR count). The van der Waals surface area contributed by atoms with Crippen LogP contribution in [0.25, 0.3) is 5.69 Å². The number of nitrogens with zero attached hydrogens (tertiary/aromatic N) is 2. The van der Waals surface area contributed by atoms with E-state index in [-0.39, 0.29) is 12.1 Å². The summed E-state index contributed by atoms with van der Waals surface area (Å²) in [5.41, 5.74) is -1.99. The van der Waals surface area contributed by atoms with Crippen molar-refractivity contribution in [3.63, 3.8) is 0 Å². The average Bonchev–Trinajstić information content (AvgIpc) is 3.24. The van der Waals surface area contributed by atoms with Crippen molar-refractivity contribution in [1.82, 2.24) is 9.47 Å². The van der Waals surface area contributed by atoms with E-state index in [4.69, 9.17) is 5.11 Å². The molecule has 1 aliphatic heterocycles. The number of halogens is 3. The molecule has 2 aromatic rings. The van der Waals surface area contributed by atoms with Gasteiger partial charge in [0.1, 0.15) is 0 Å². The van der Waals surface area contributed by atoms with Crippen LogP contribution < -0.4 is 0 Å². The van der Waals surface area contributed by atoms with Crippen molar-refractivity contribution in [1.29, 1.82) is 0 Å². The number of hydrogen-bond acceptors (Lipinski definition) is 2. The topological polar surface area (TPSA) is 62.5 Å². The van der Waals surface area contributed by atoms with Crippen LogP contribution in [-0.4, -0.2) is 45.7 Å². The third-order valence-corrected chi connectivity index (χ3v) is 4.50. The number of alkyl halides is 3. The van der Waals surface area contributed by atoms with Gasteiger partial charge in [0.05, 0.1) is 0 Å². The van der Waals surface area contributed by atoms with Gasteiger partial charge in [-0.05, 0) is 36.8 Å². The second kappa shape index (κ2) is 5.94. The molecular weight excluding hydrogens is 337 g/mol. The van der Waals surface area contributed by atoms with Crippen LogP contribution in [0.4, 0.5) is 13.2 Å². The molecule has 1 amide bonds. The third-order valence-electron chi connectivity index (χ3n) is 4.50. The minimum absolute atomic E-state index is 0.217. The Kier molecular flexibility index (Phi) is 4.06. The monoisotopic (exact) mass is 352 g/mol. The van der Waals surface area contributed by atoms with Gasteiger partial charge in [0.15, 0.2) is 5.41 Å². The highest BCUT2D eigenvalue weighted by molar-refractivity contribution is 5.95. The number of hydrogen-bond donors (Lipinski definition) is 1. The number of aliphatic carboxylic acids is 1. The highest BCUT2D eigenvalue weighted by Gasteiger charge is 2.64. The van der Waals surface area contributed by atoms with Gasteiger partial charge >= 0.3 is 12.1 Å². The van der Waals surface area contributed by atoms with Crippen LogP contribution in [0.2, 0.25) is 0 Å². The van der Waals surface area contributed by atoms with E-state index >= 15 is 0 Å². The van der Waals surface area contributed by atoms with Crippen molar-refractivity contribution in [2.45, 2.75) is 12.6 Å². The Morgan fingerprint density at radius 3 is 2.36 bits per heavy atom. The Morgan fingerprint density at radius 2 is 1.80 bits per heavy atom. The maximum atomic E-state index is 13.2. The average molecular weight is 352 g/mol. The Morgan fingerprint density at radius 1 is 1.12 bits per heavy atom. The molecule has 0 saturated carbocycles. The van der Waals surface area contributed by atoms with E-state index in [1.807, 2.05) is 0 Å². The van der Waals surface area contributed by atoms with E-state index in [0.29, 0.717) is 5.69 Å². The zero-order chi connectivity index (χ0) is 18.2. The molecule has 5 nitrogen and oxygen atoms in total. The molecule has 0 aliphatic carbocycles. The first-order chi connectivity index (χ1) is 11.7. The zero-order valence-electron chi connectivity index (χ0n) is 13.0. The lowest BCUT2D eigenvalue weighted by Gasteiger charge is -2.27. The van der Waals surface area contributed by atoms with E-state index in [1.54, 1.807) is 47.3 Å². The van der Waals surface area contributed by atoms with Crippen LogP contribution in [0, 0.1) is 5.41 Å². The lowest BCUT2D eigenvalue weighted by atomic mass is 9.86. The number of benzene rings is 1. The Hall–Kier alpha value is -2.77. The summed E-state index contributed by atoms with van der Waals surface area (Å²) in [7, 11) is 0. The van der Waals surface area contributed by atoms with Gasteiger partial charge in [-0.3, -0.25) is 9.59 Å². The van der Waals surface area contributed by atoms with Crippen LogP contribution in [0.3, 0.4) is 0 Å². The van der Waals surface area contributed by atoms with Crippen LogP contribution in [0.15, 0.2) is 48.8 Å². The lowest BCUT2D eigenvalue weighted by molar-refractivity contribution is -0.227. The molecule has 132 valence electrons. The Labute approximate surface area is 141 Å². The first-order valence-corrected chi connectivity index (χ1v) is 7.57. The fraction of sp³-hybridized carbons (Fsp3) is 0.294. The van der Waals surface area contributed by atoms with E-state index in [0.717, 1.165) is 4.90 Å². The molecule has 2 heterocycles. The van der Waals surface area contributed by atoms with Gasteiger partial charge in [-0.1, -0.05) is 6.07 Å². The molecule has 1 aliphatic rings. The maximum absolute atomic E-state index is 13.2. The summed E-state index contributed by atoms with van der Waals surface area (Å²) in [5.74, 6) is -2.56. The highest BCUT2D eigenvalue weighted by atomic mass is 19.4. The second-order valence-electron chi connectivity index (χ2n) is 6.00. The number of rotatable bonds is 3. The minimum Gasteiger partial charge on any atom is -0.481 e. The summed E-state index contributed by atoms with van der Waals surface area (Å²) < 4.78 is 41.5.